The first-order valence-corrected chi connectivity index (χ1v) is 14.4. The molecule has 6 nitrogen and oxygen atoms in total. The van der Waals surface area contributed by atoms with E-state index in [9.17, 15) is 4.79 Å². The van der Waals surface area contributed by atoms with E-state index in [4.69, 9.17) is 16.3 Å². The molecular formula is C31H39ClN4O2. The highest BCUT2D eigenvalue weighted by Gasteiger charge is 2.25. The van der Waals surface area contributed by atoms with E-state index >= 15 is 0 Å². The molecule has 0 radical (unpaired) electrons. The minimum Gasteiger partial charge on any atom is -0.493 e. The van der Waals surface area contributed by atoms with Crippen molar-refractivity contribution in [3.8, 4) is 5.75 Å². The monoisotopic (exact) mass is 534 g/mol. The Balaban J connectivity index is 1.25. The first kappa shape index (κ1) is 26.8. The number of fused-ring (bicyclic) bond motifs is 1. The maximum Gasteiger partial charge on any atom is 0.256 e. The first-order valence-electron chi connectivity index (χ1n) is 14.0. The Morgan fingerprint density at radius 1 is 1.11 bits per heavy atom. The van der Waals surface area contributed by atoms with Crippen LogP contribution in [0.15, 0.2) is 42.5 Å². The highest BCUT2D eigenvalue weighted by atomic mass is 35.5. The summed E-state index contributed by atoms with van der Waals surface area (Å²) in [6, 6.07) is 14.4. The van der Waals surface area contributed by atoms with Gasteiger partial charge < -0.3 is 10.1 Å². The molecule has 1 aromatic heterocycles. The highest BCUT2D eigenvalue weighted by Crippen LogP contribution is 2.29. The van der Waals surface area contributed by atoms with E-state index in [1.54, 1.807) is 0 Å². The normalized spacial score (nSPS) is 16.4. The number of hydrogen-bond donors (Lipinski definition) is 1. The minimum atomic E-state index is -0.129. The van der Waals surface area contributed by atoms with Crippen LogP contribution in [-0.2, 0) is 19.5 Å². The number of nitrogens with one attached hydrogen (secondary N) is 1. The summed E-state index contributed by atoms with van der Waals surface area (Å²) in [5, 5.41) is 8.32. The van der Waals surface area contributed by atoms with E-state index in [0.717, 1.165) is 42.6 Å². The number of carbonyl (C=O) groups excluding carboxylic acids is 1. The molecule has 5 rings (SSSR count). The molecule has 2 aromatic carbocycles. The first-order chi connectivity index (χ1) is 18.4. The van der Waals surface area contributed by atoms with Crippen LogP contribution in [0, 0.1) is 12.8 Å². The lowest BCUT2D eigenvalue weighted by molar-refractivity contribution is 0.102. The molecule has 0 unspecified atom stereocenters. The topological polar surface area (TPSA) is 59.4 Å². The standard InChI is InChI=1S/C31H39ClN4O2/c1-21(2)20-38-29-12-11-27(32)17-26(29)19-36-22(3)15-30(34-36)33-31(37)24-9-10-25-18-35(14-13-23(25)16-24)28-7-5-4-6-8-28/h9-12,15-17,21,28H,4-8,13-14,18-20H2,1-3H3,(H,33,34,37). The van der Waals surface area contributed by atoms with Crippen molar-refractivity contribution in [3.63, 3.8) is 0 Å². The molecule has 1 amide bonds. The lowest BCUT2D eigenvalue weighted by atomic mass is 9.90. The number of anilines is 1. The van der Waals surface area contributed by atoms with Gasteiger partial charge in [-0.15, -0.1) is 0 Å². The Hall–Kier alpha value is -2.83. The predicted octanol–water partition coefficient (Wildman–Crippen LogP) is 6.87. The number of aryl methyl sites for hydroxylation is 1. The van der Waals surface area contributed by atoms with Crippen molar-refractivity contribution in [3.05, 3.63) is 75.4 Å². The van der Waals surface area contributed by atoms with Crippen LogP contribution in [0.1, 0.15) is 78.7 Å². The Bertz CT molecular complexity index is 1280. The van der Waals surface area contributed by atoms with Gasteiger partial charge in [0.15, 0.2) is 5.82 Å². The molecule has 1 N–H and O–H groups in total. The number of nitrogens with zero attached hydrogens (tertiary/aromatic N) is 3. The fraction of sp³-hybridized carbons (Fsp3) is 0.484. The van der Waals surface area contributed by atoms with Gasteiger partial charge in [0.2, 0.25) is 0 Å². The van der Waals surface area contributed by atoms with Gasteiger partial charge in [0, 0.05) is 47.0 Å². The molecule has 0 spiro atoms. The van der Waals surface area contributed by atoms with Gasteiger partial charge in [-0.25, -0.2) is 0 Å². The van der Waals surface area contributed by atoms with Gasteiger partial charge in [-0.05, 0) is 73.6 Å². The number of benzene rings is 2. The molecule has 7 heteroatoms. The summed E-state index contributed by atoms with van der Waals surface area (Å²) in [6.45, 7) is 9.45. The fourth-order valence-corrected chi connectivity index (χ4v) is 5.82. The van der Waals surface area contributed by atoms with Crippen LogP contribution in [0.5, 0.6) is 5.75 Å². The van der Waals surface area contributed by atoms with Crippen LogP contribution >= 0.6 is 11.6 Å². The largest absolute Gasteiger partial charge is 0.493 e. The van der Waals surface area contributed by atoms with Gasteiger partial charge in [-0.3, -0.25) is 14.4 Å². The second-order valence-electron chi connectivity index (χ2n) is 11.2. The van der Waals surface area contributed by atoms with Gasteiger partial charge in [-0.1, -0.05) is 50.8 Å². The second-order valence-corrected chi connectivity index (χ2v) is 11.7. The Morgan fingerprint density at radius 2 is 1.92 bits per heavy atom. The van der Waals surface area contributed by atoms with E-state index in [1.165, 1.54) is 43.2 Å². The van der Waals surface area contributed by atoms with Gasteiger partial charge in [0.05, 0.1) is 13.2 Å². The Kier molecular flexibility index (Phi) is 8.39. The Labute approximate surface area is 231 Å². The smallest absolute Gasteiger partial charge is 0.256 e. The van der Waals surface area contributed by atoms with E-state index in [1.807, 2.05) is 41.9 Å². The van der Waals surface area contributed by atoms with Crippen molar-refractivity contribution in [2.24, 2.45) is 5.92 Å². The summed E-state index contributed by atoms with van der Waals surface area (Å²) >= 11 is 6.28. The van der Waals surface area contributed by atoms with Gasteiger partial charge >= 0.3 is 0 Å². The maximum absolute atomic E-state index is 13.1. The third-order valence-corrected chi connectivity index (χ3v) is 7.97. The van der Waals surface area contributed by atoms with Gasteiger partial charge in [-0.2, -0.15) is 5.10 Å². The molecule has 2 heterocycles. The zero-order valence-electron chi connectivity index (χ0n) is 22.8. The SMILES string of the molecule is Cc1cc(NC(=O)c2ccc3c(c2)CCN(C2CCCCC2)C3)nn1Cc1cc(Cl)ccc1OCC(C)C. The zero-order valence-corrected chi connectivity index (χ0v) is 23.6. The average Bonchev–Trinajstić information content (AvgIpc) is 3.26. The number of halogens is 1. The molecule has 1 aliphatic heterocycles. The molecule has 1 fully saturated rings. The van der Waals surface area contributed by atoms with Crippen LogP contribution < -0.4 is 10.1 Å². The average molecular weight is 535 g/mol. The zero-order chi connectivity index (χ0) is 26.6. The number of hydrogen-bond acceptors (Lipinski definition) is 4. The lowest BCUT2D eigenvalue weighted by Gasteiger charge is -2.37. The third-order valence-electron chi connectivity index (χ3n) is 7.74. The van der Waals surface area contributed by atoms with E-state index < -0.39 is 0 Å². The summed E-state index contributed by atoms with van der Waals surface area (Å²) in [7, 11) is 0. The molecule has 1 aliphatic carbocycles. The fourth-order valence-electron chi connectivity index (χ4n) is 5.62. The van der Waals surface area contributed by atoms with Crippen molar-refractivity contribution in [2.75, 3.05) is 18.5 Å². The number of amides is 1. The predicted molar refractivity (Wildman–Crippen MR) is 153 cm³/mol. The van der Waals surface area contributed by atoms with Crippen molar-refractivity contribution >= 4 is 23.3 Å². The molecule has 202 valence electrons. The summed E-state index contributed by atoms with van der Waals surface area (Å²) in [5.74, 6) is 1.64. The summed E-state index contributed by atoms with van der Waals surface area (Å²) in [6.07, 6.45) is 7.74. The summed E-state index contributed by atoms with van der Waals surface area (Å²) < 4.78 is 7.88. The van der Waals surface area contributed by atoms with Crippen molar-refractivity contribution < 1.29 is 9.53 Å². The molecule has 3 aromatic rings. The molecule has 0 atom stereocenters. The van der Waals surface area contributed by atoms with E-state index in [-0.39, 0.29) is 5.91 Å². The van der Waals surface area contributed by atoms with Crippen molar-refractivity contribution in [2.45, 2.75) is 78.4 Å². The molecule has 2 aliphatic rings. The van der Waals surface area contributed by atoms with Gasteiger partial charge in [0.25, 0.3) is 5.91 Å². The molecular weight excluding hydrogens is 496 g/mol. The van der Waals surface area contributed by atoms with Crippen molar-refractivity contribution in [1.82, 2.24) is 14.7 Å². The summed E-state index contributed by atoms with van der Waals surface area (Å²) in [5.41, 5.74) is 5.24. The van der Waals surface area contributed by atoms with E-state index in [2.05, 4.69) is 41.3 Å². The van der Waals surface area contributed by atoms with E-state index in [0.29, 0.717) is 35.5 Å². The minimum absolute atomic E-state index is 0.129. The van der Waals surface area contributed by atoms with Crippen LogP contribution in [0.25, 0.3) is 0 Å². The van der Waals surface area contributed by atoms with Crippen LogP contribution in [-0.4, -0.2) is 39.8 Å². The molecule has 38 heavy (non-hydrogen) atoms. The van der Waals surface area contributed by atoms with Gasteiger partial charge in [0.1, 0.15) is 5.75 Å². The van der Waals surface area contributed by atoms with Crippen LogP contribution in [0.3, 0.4) is 0 Å². The molecule has 0 bridgehead atoms. The maximum atomic E-state index is 13.1. The number of carbonyl (C=O) groups is 1. The van der Waals surface area contributed by atoms with Crippen LogP contribution in [0.2, 0.25) is 5.02 Å². The number of aromatic nitrogens is 2. The highest BCUT2D eigenvalue weighted by molar-refractivity contribution is 6.30. The number of ether oxygens (including phenoxy) is 1. The number of rotatable bonds is 8. The quantitative estimate of drug-likeness (QED) is 0.342. The Morgan fingerprint density at radius 3 is 2.71 bits per heavy atom. The van der Waals surface area contributed by atoms with Crippen LogP contribution in [0.4, 0.5) is 5.82 Å². The van der Waals surface area contributed by atoms with Crippen molar-refractivity contribution in [1.29, 1.82) is 0 Å². The second kappa shape index (κ2) is 11.9. The third kappa shape index (κ3) is 6.41. The molecule has 0 saturated heterocycles. The molecule has 1 saturated carbocycles. The summed E-state index contributed by atoms with van der Waals surface area (Å²) in [4.78, 5) is 15.8. The lowest BCUT2D eigenvalue weighted by Crippen LogP contribution is -2.40.